The zero-order chi connectivity index (χ0) is 19.4. The van der Waals surface area contributed by atoms with Gasteiger partial charge in [-0.1, -0.05) is 25.1 Å². The number of anilines is 1. The lowest BCUT2D eigenvalue weighted by Gasteiger charge is -2.26. The van der Waals surface area contributed by atoms with Gasteiger partial charge in [-0.2, -0.15) is 13.2 Å². The number of nitrogens with one attached hydrogen (secondary N) is 2. The zero-order valence-electron chi connectivity index (χ0n) is 15.1. The summed E-state index contributed by atoms with van der Waals surface area (Å²) in [7, 11) is 0. The van der Waals surface area contributed by atoms with Gasteiger partial charge in [0.25, 0.3) is 5.91 Å². The molecule has 1 fully saturated rings. The molecule has 0 unspecified atom stereocenters. The number of hydrogen-bond donors (Lipinski definition) is 2. The first kappa shape index (κ1) is 19.8. The minimum Gasteiger partial charge on any atom is -0.327 e. The van der Waals surface area contributed by atoms with Crippen LogP contribution in [0.3, 0.4) is 0 Å². The highest BCUT2D eigenvalue weighted by Crippen LogP contribution is 2.30. The first-order chi connectivity index (χ1) is 12.8. The van der Waals surface area contributed by atoms with Crippen molar-refractivity contribution in [3.8, 4) is 0 Å². The highest BCUT2D eigenvalue weighted by molar-refractivity contribution is 7.15. The molecule has 0 saturated carbocycles. The van der Waals surface area contributed by atoms with Crippen molar-refractivity contribution in [2.75, 3.05) is 25.0 Å². The van der Waals surface area contributed by atoms with E-state index in [2.05, 4.69) is 17.2 Å². The van der Waals surface area contributed by atoms with Gasteiger partial charge in [0.2, 0.25) is 0 Å². The second kappa shape index (κ2) is 8.39. The van der Waals surface area contributed by atoms with Gasteiger partial charge in [0.05, 0.1) is 18.7 Å². The summed E-state index contributed by atoms with van der Waals surface area (Å²) in [6.07, 6.45) is -0.109. The lowest BCUT2D eigenvalue weighted by Crippen LogP contribution is -3.14. The van der Waals surface area contributed by atoms with Crippen LogP contribution in [0.5, 0.6) is 0 Å². The molecule has 1 amide bonds. The Labute approximate surface area is 160 Å². The fourth-order valence-corrected chi connectivity index (χ4v) is 4.11. The molecular weight excluding hydrogens is 375 g/mol. The average molecular weight is 398 g/mol. The Morgan fingerprint density at radius 2 is 2.07 bits per heavy atom. The van der Waals surface area contributed by atoms with E-state index in [9.17, 15) is 18.0 Å². The molecule has 4 nitrogen and oxygen atoms in total. The van der Waals surface area contributed by atoms with Gasteiger partial charge < -0.3 is 4.90 Å². The molecule has 1 saturated heterocycles. The molecule has 1 aliphatic heterocycles. The monoisotopic (exact) mass is 398 g/mol. The van der Waals surface area contributed by atoms with E-state index in [1.54, 1.807) is 12.3 Å². The van der Waals surface area contributed by atoms with Crippen molar-refractivity contribution < 1.29 is 22.9 Å². The van der Waals surface area contributed by atoms with Gasteiger partial charge in [-0.3, -0.25) is 10.1 Å². The molecular formula is C19H23F3N3OS+. The van der Waals surface area contributed by atoms with Crippen LogP contribution in [0.2, 0.25) is 0 Å². The van der Waals surface area contributed by atoms with Crippen LogP contribution in [0, 0.1) is 5.92 Å². The highest BCUT2D eigenvalue weighted by Gasteiger charge is 2.30. The summed E-state index contributed by atoms with van der Waals surface area (Å²) < 4.78 is 38.4. The number of carbonyl (C=O) groups excluding carboxylic acids is 1. The SMILES string of the molecule is CC1CC[NH+](CC(=O)Nc2ncc(Cc3cccc(C(F)(F)F)c3)s2)CC1. The van der Waals surface area contributed by atoms with E-state index in [1.165, 1.54) is 22.3 Å². The van der Waals surface area contributed by atoms with E-state index in [0.29, 0.717) is 23.7 Å². The Morgan fingerprint density at radius 1 is 1.33 bits per heavy atom. The van der Waals surface area contributed by atoms with Crippen molar-refractivity contribution in [2.45, 2.75) is 32.4 Å². The van der Waals surface area contributed by atoms with E-state index in [0.717, 1.165) is 48.9 Å². The summed E-state index contributed by atoms with van der Waals surface area (Å²) in [5, 5.41) is 3.30. The molecule has 3 rings (SSSR count). The number of likely N-dealkylation sites (tertiary alicyclic amines) is 1. The van der Waals surface area contributed by atoms with E-state index in [1.807, 2.05) is 0 Å². The number of quaternary nitrogens is 1. The van der Waals surface area contributed by atoms with Gasteiger partial charge in [-0.25, -0.2) is 4.98 Å². The molecule has 0 radical (unpaired) electrons. The number of alkyl halides is 3. The fraction of sp³-hybridized carbons (Fsp3) is 0.474. The number of nitrogens with zero attached hydrogens (tertiary/aromatic N) is 1. The van der Waals surface area contributed by atoms with Gasteiger partial charge in [-0.15, -0.1) is 11.3 Å². The van der Waals surface area contributed by atoms with Crippen molar-refractivity contribution in [2.24, 2.45) is 5.92 Å². The lowest BCUT2D eigenvalue weighted by atomic mass is 9.99. The van der Waals surface area contributed by atoms with Crippen molar-refractivity contribution in [1.29, 1.82) is 0 Å². The van der Waals surface area contributed by atoms with Crippen molar-refractivity contribution in [3.05, 3.63) is 46.5 Å². The van der Waals surface area contributed by atoms with Crippen LogP contribution >= 0.6 is 11.3 Å². The Bertz CT molecular complexity index is 783. The second-order valence-corrected chi connectivity index (χ2v) is 8.28. The molecule has 0 bridgehead atoms. The second-order valence-electron chi connectivity index (χ2n) is 7.16. The third-order valence-corrected chi connectivity index (χ3v) is 5.74. The number of piperidine rings is 1. The summed E-state index contributed by atoms with van der Waals surface area (Å²) in [5.41, 5.74) is -0.0879. The topological polar surface area (TPSA) is 46.4 Å². The summed E-state index contributed by atoms with van der Waals surface area (Å²) in [6, 6.07) is 5.28. The number of halogens is 3. The number of rotatable bonds is 5. The summed E-state index contributed by atoms with van der Waals surface area (Å²) in [4.78, 5) is 18.5. The first-order valence-electron chi connectivity index (χ1n) is 9.04. The van der Waals surface area contributed by atoms with Crippen LogP contribution in [0.4, 0.5) is 18.3 Å². The summed E-state index contributed by atoms with van der Waals surface area (Å²) in [5.74, 6) is 0.661. The molecule has 8 heteroatoms. The molecule has 1 aliphatic rings. The molecule has 0 aliphatic carbocycles. The molecule has 1 aromatic carbocycles. The predicted molar refractivity (Wildman–Crippen MR) is 99.0 cm³/mol. The molecule has 0 atom stereocenters. The van der Waals surface area contributed by atoms with Crippen LogP contribution in [0.15, 0.2) is 30.5 Å². The number of amides is 1. The molecule has 2 heterocycles. The van der Waals surface area contributed by atoms with Crippen molar-refractivity contribution in [1.82, 2.24) is 4.98 Å². The normalized spacial score (nSPS) is 20.4. The number of benzene rings is 1. The standard InChI is InChI=1S/C19H22F3N3OS/c1-13-5-7-25(8-6-13)12-17(26)24-18-23-11-16(27-18)10-14-3-2-4-15(9-14)19(20,21)22/h2-4,9,11,13H,5-8,10,12H2,1H3,(H,23,24,26)/p+1. The third-order valence-electron chi connectivity index (χ3n) is 4.82. The van der Waals surface area contributed by atoms with Crippen molar-refractivity contribution >= 4 is 22.4 Å². The largest absolute Gasteiger partial charge is 0.416 e. The Hall–Kier alpha value is -1.93. The van der Waals surface area contributed by atoms with Gasteiger partial charge >= 0.3 is 6.18 Å². The van der Waals surface area contributed by atoms with Crippen LogP contribution in [-0.2, 0) is 17.4 Å². The quantitative estimate of drug-likeness (QED) is 0.814. The van der Waals surface area contributed by atoms with E-state index in [4.69, 9.17) is 0 Å². The Kier molecular flexibility index (Phi) is 6.16. The van der Waals surface area contributed by atoms with Crippen LogP contribution in [0.25, 0.3) is 0 Å². The maximum absolute atomic E-state index is 12.8. The fourth-order valence-electron chi connectivity index (χ4n) is 3.24. The van der Waals surface area contributed by atoms with Gasteiger partial charge in [-0.05, 0) is 30.4 Å². The summed E-state index contributed by atoms with van der Waals surface area (Å²) >= 11 is 1.30. The predicted octanol–water partition coefficient (Wildman–Crippen LogP) is 3.01. The van der Waals surface area contributed by atoms with E-state index < -0.39 is 11.7 Å². The highest BCUT2D eigenvalue weighted by atomic mass is 32.1. The van der Waals surface area contributed by atoms with Crippen LogP contribution in [-0.4, -0.2) is 30.5 Å². The van der Waals surface area contributed by atoms with Crippen LogP contribution < -0.4 is 10.2 Å². The lowest BCUT2D eigenvalue weighted by molar-refractivity contribution is -0.897. The molecule has 2 aromatic rings. The average Bonchev–Trinajstić information content (AvgIpc) is 3.03. The third kappa shape index (κ3) is 5.77. The Balaban J connectivity index is 1.55. The van der Waals surface area contributed by atoms with Crippen molar-refractivity contribution in [3.63, 3.8) is 0 Å². The number of aromatic nitrogens is 1. The van der Waals surface area contributed by atoms with E-state index >= 15 is 0 Å². The molecule has 27 heavy (non-hydrogen) atoms. The zero-order valence-corrected chi connectivity index (χ0v) is 15.9. The first-order valence-corrected chi connectivity index (χ1v) is 9.85. The molecule has 146 valence electrons. The minimum absolute atomic E-state index is 0.0699. The molecule has 2 N–H and O–H groups in total. The van der Waals surface area contributed by atoms with Gasteiger partial charge in [0.1, 0.15) is 0 Å². The van der Waals surface area contributed by atoms with Gasteiger partial charge in [0.15, 0.2) is 11.7 Å². The van der Waals surface area contributed by atoms with E-state index in [-0.39, 0.29) is 5.91 Å². The maximum Gasteiger partial charge on any atom is 0.416 e. The molecule has 0 spiro atoms. The summed E-state index contributed by atoms with van der Waals surface area (Å²) in [6.45, 7) is 4.67. The Morgan fingerprint density at radius 3 is 2.78 bits per heavy atom. The molecule has 1 aromatic heterocycles. The maximum atomic E-state index is 12.8. The minimum atomic E-state index is -4.35. The van der Waals surface area contributed by atoms with Crippen LogP contribution in [0.1, 0.15) is 35.8 Å². The van der Waals surface area contributed by atoms with Gasteiger partial charge in [0, 0.05) is 17.5 Å². The number of hydrogen-bond acceptors (Lipinski definition) is 3. The number of carbonyl (C=O) groups is 1. The smallest absolute Gasteiger partial charge is 0.327 e. The number of thiazole rings is 1.